The second-order valence-corrected chi connectivity index (χ2v) is 3.39. The molecule has 0 radical (unpaired) electrons. The zero-order valence-electron chi connectivity index (χ0n) is 9.22. The van der Waals surface area contributed by atoms with Gasteiger partial charge in [0.25, 0.3) is 0 Å². The molecular formula is C12H19NO2. The Morgan fingerprint density at radius 2 is 1.93 bits per heavy atom. The van der Waals surface area contributed by atoms with Crippen LogP contribution >= 0.6 is 0 Å². The van der Waals surface area contributed by atoms with Crippen molar-refractivity contribution in [2.24, 2.45) is 0 Å². The lowest BCUT2D eigenvalue weighted by atomic mass is 10.2. The number of anilines is 1. The summed E-state index contributed by atoms with van der Waals surface area (Å²) in [6.45, 7) is 2.67. The minimum absolute atomic E-state index is 0.232. The van der Waals surface area contributed by atoms with Gasteiger partial charge in [-0.25, -0.2) is 0 Å². The Bertz CT molecular complexity index is 243. The highest BCUT2D eigenvalue weighted by molar-refractivity contribution is 5.45. The third-order valence-corrected chi connectivity index (χ3v) is 2.27. The van der Waals surface area contributed by atoms with Crippen LogP contribution in [-0.2, 0) is 4.74 Å². The number of benzene rings is 1. The zero-order chi connectivity index (χ0) is 10.9. The van der Waals surface area contributed by atoms with Gasteiger partial charge in [0, 0.05) is 32.5 Å². The summed E-state index contributed by atoms with van der Waals surface area (Å²) in [6.07, 6.45) is 0.790. The maximum absolute atomic E-state index is 8.83. The molecule has 0 fully saturated rings. The van der Waals surface area contributed by atoms with Crippen LogP contribution in [0.1, 0.15) is 6.42 Å². The van der Waals surface area contributed by atoms with Crippen molar-refractivity contribution in [3.63, 3.8) is 0 Å². The Kier molecular flexibility index (Phi) is 5.81. The molecule has 15 heavy (non-hydrogen) atoms. The summed E-state index contributed by atoms with van der Waals surface area (Å²) >= 11 is 0. The van der Waals surface area contributed by atoms with Crippen molar-refractivity contribution in [3.8, 4) is 0 Å². The van der Waals surface area contributed by atoms with E-state index in [-0.39, 0.29) is 6.61 Å². The molecule has 0 aliphatic rings. The number of aliphatic hydroxyl groups excluding tert-OH is 1. The Hall–Kier alpha value is -1.06. The molecule has 0 saturated heterocycles. The van der Waals surface area contributed by atoms with Crippen molar-refractivity contribution in [2.45, 2.75) is 6.42 Å². The summed E-state index contributed by atoms with van der Waals surface area (Å²) < 4.78 is 5.07. The average Bonchev–Trinajstić information content (AvgIpc) is 2.30. The lowest BCUT2D eigenvalue weighted by Gasteiger charge is -2.24. The van der Waals surface area contributed by atoms with Gasteiger partial charge in [0.1, 0.15) is 0 Å². The maximum atomic E-state index is 8.83. The van der Waals surface area contributed by atoms with Crippen LogP contribution in [0.3, 0.4) is 0 Å². The molecule has 84 valence electrons. The van der Waals surface area contributed by atoms with E-state index in [1.807, 2.05) is 18.2 Å². The fourth-order valence-corrected chi connectivity index (χ4v) is 1.47. The molecule has 1 aromatic rings. The number of para-hydroxylation sites is 1. The summed E-state index contributed by atoms with van der Waals surface area (Å²) in [5.41, 5.74) is 1.18. The van der Waals surface area contributed by atoms with Crippen LogP contribution in [0, 0.1) is 0 Å². The first-order valence-electron chi connectivity index (χ1n) is 5.28. The summed E-state index contributed by atoms with van der Waals surface area (Å²) in [5, 5.41) is 8.83. The van der Waals surface area contributed by atoms with Gasteiger partial charge in [-0.05, 0) is 18.6 Å². The average molecular weight is 209 g/mol. The van der Waals surface area contributed by atoms with E-state index in [2.05, 4.69) is 17.0 Å². The molecular weight excluding hydrogens is 190 g/mol. The van der Waals surface area contributed by atoms with Crippen molar-refractivity contribution >= 4 is 5.69 Å². The smallest absolute Gasteiger partial charge is 0.0637 e. The molecule has 0 unspecified atom stereocenters. The van der Waals surface area contributed by atoms with Crippen molar-refractivity contribution in [2.75, 3.05) is 38.3 Å². The van der Waals surface area contributed by atoms with E-state index in [0.717, 1.165) is 19.5 Å². The van der Waals surface area contributed by atoms with Crippen LogP contribution in [-0.4, -0.2) is 38.5 Å². The molecule has 0 bridgehead atoms. The molecule has 1 N–H and O–H groups in total. The largest absolute Gasteiger partial charge is 0.396 e. The minimum atomic E-state index is 0.232. The molecule has 0 heterocycles. The number of rotatable bonds is 7. The summed E-state index contributed by atoms with van der Waals surface area (Å²) in [5.74, 6) is 0. The molecule has 0 spiro atoms. The maximum Gasteiger partial charge on any atom is 0.0637 e. The highest BCUT2D eigenvalue weighted by Crippen LogP contribution is 2.12. The molecule has 0 saturated carbocycles. The van der Waals surface area contributed by atoms with E-state index in [4.69, 9.17) is 9.84 Å². The van der Waals surface area contributed by atoms with Crippen LogP contribution < -0.4 is 4.90 Å². The number of hydrogen-bond acceptors (Lipinski definition) is 3. The third kappa shape index (κ3) is 4.32. The second kappa shape index (κ2) is 7.26. The third-order valence-electron chi connectivity index (χ3n) is 2.27. The summed E-state index contributed by atoms with van der Waals surface area (Å²) in [4.78, 5) is 2.22. The SMILES string of the molecule is COCCN(CCCO)c1ccccc1. The van der Waals surface area contributed by atoms with Crippen molar-refractivity contribution in [1.82, 2.24) is 0 Å². The van der Waals surface area contributed by atoms with E-state index in [1.165, 1.54) is 5.69 Å². The number of nitrogens with zero attached hydrogens (tertiary/aromatic N) is 1. The number of ether oxygens (including phenoxy) is 1. The molecule has 0 amide bonds. The van der Waals surface area contributed by atoms with Gasteiger partial charge >= 0.3 is 0 Å². The monoisotopic (exact) mass is 209 g/mol. The normalized spacial score (nSPS) is 10.3. The van der Waals surface area contributed by atoms with E-state index >= 15 is 0 Å². The Balaban J connectivity index is 2.55. The molecule has 0 atom stereocenters. The lowest BCUT2D eigenvalue weighted by molar-refractivity contribution is 0.204. The predicted molar refractivity (Wildman–Crippen MR) is 62.2 cm³/mol. The molecule has 0 aliphatic heterocycles. The van der Waals surface area contributed by atoms with Gasteiger partial charge in [0.05, 0.1) is 6.61 Å². The number of hydrogen-bond donors (Lipinski definition) is 1. The summed E-state index contributed by atoms with van der Waals surface area (Å²) in [6, 6.07) is 10.2. The fraction of sp³-hybridized carbons (Fsp3) is 0.500. The topological polar surface area (TPSA) is 32.7 Å². The first-order valence-corrected chi connectivity index (χ1v) is 5.28. The van der Waals surface area contributed by atoms with Gasteiger partial charge in [-0.15, -0.1) is 0 Å². The Morgan fingerprint density at radius 3 is 2.53 bits per heavy atom. The second-order valence-electron chi connectivity index (χ2n) is 3.39. The van der Waals surface area contributed by atoms with E-state index in [9.17, 15) is 0 Å². The van der Waals surface area contributed by atoms with E-state index < -0.39 is 0 Å². The molecule has 1 aromatic carbocycles. The van der Waals surface area contributed by atoms with Gasteiger partial charge in [-0.1, -0.05) is 18.2 Å². The standard InChI is InChI=1S/C12H19NO2/c1-15-11-9-13(8-5-10-14)12-6-3-2-4-7-12/h2-4,6-7,14H,5,8-11H2,1H3. The van der Waals surface area contributed by atoms with E-state index in [1.54, 1.807) is 7.11 Å². The van der Waals surface area contributed by atoms with Crippen LogP contribution in [0.5, 0.6) is 0 Å². The minimum Gasteiger partial charge on any atom is -0.396 e. The van der Waals surface area contributed by atoms with Gasteiger partial charge in [-0.2, -0.15) is 0 Å². The quantitative estimate of drug-likeness (QED) is 0.739. The predicted octanol–water partition coefficient (Wildman–Crippen LogP) is 1.52. The van der Waals surface area contributed by atoms with Crippen LogP contribution in [0.2, 0.25) is 0 Å². The van der Waals surface area contributed by atoms with Crippen LogP contribution in [0.4, 0.5) is 5.69 Å². The van der Waals surface area contributed by atoms with Crippen LogP contribution in [0.25, 0.3) is 0 Å². The fourth-order valence-electron chi connectivity index (χ4n) is 1.47. The van der Waals surface area contributed by atoms with E-state index in [0.29, 0.717) is 6.61 Å². The molecule has 3 nitrogen and oxygen atoms in total. The van der Waals surface area contributed by atoms with Gasteiger partial charge in [0.15, 0.2) is 0 Å². The lowest BCUT2D eigenvalue weighted by Crippen LogP contribution is -2.28. The Morgan fingerprint density at radius 1 is 1.20 bits per heavy atom. The molecule has 0 aromatic heterocycles. The Labute approximate surface area is 91.3 Å². The highest BCUT2D eigenvalue weighted by Gasteiger charge is 2.04. The van der Waals surface area contributed by atoms with Gasteiger partial charge in [0.2, 0.25) is 0 Å². The summed E-state index contributed by atoms with van der Waals surface area (Å²) in [7, 11) is 1.70. The highest BCUT2D eigenvalue weighted by atomic mass is 16.5. The van der Waals surface area contributed by atoms with Crippen molar-refractivity contribution in [3.05, 3.63) is 30.3 Å². The van der Waals surface area contributed by atoms with Crippen molar-refractivity contribution < 1.29 is 9.84 Å². The number of aliphatic hydroxyl groups is 1. The van der Waals surface area contributed by atoms with Gasteiger partial charge < -0.3 is 14.7 Å². The number of methoxy groups -OCH3 is 1. The first kappa shape index (κ1) is 12.0. The van der Waals surface area contributed by atoms with Crippen molar-refractivity contribution in [1.29, 1.82) is 0 Å². The molecule has 0 aliphatic carbocycles. The molecule has 1 rings (SSSR count). The first-order chi connectivity index (χ1) is 7.38. The van der Waals surface area contributed by atoms with Crippen LogP contribution in [0.15, 0.2) is 30.3 Å². The molecule has 3 heteroatoms. The van der Waals surface area contributed by atoms with Gasteiger partial charge in [-0.3, -0.25) is 0 Å². The zero-order valence-corrected chi connectivity index (χ0v) is 9.22.